The van der Waals surface area contributed by atoms with Gasteiger partial charge >= 0.3 is 0 Å². The summed E-state index contributed by atoms with van der Waals surface area (Å²) >= 11 is 0. The summed E-state index contributed by atoms with van der Waals surface area (Å²) in [5.41, 5.74) is 2.30. The summed E-state index contributed by atoms with van der Waals surface area (Å²) in [7, 11) is 0. The van der Waals surface area contributed by atoms with E-state index in [1.807, 2.05) is 18.2 Å². The molecule has 0 spiro atoms. The minimum Gasteiger partial charge on any atom is -0.507 e. The standard InChI is InChI=1S/C18H14N2O3/c21-17-10-16(7-6-14(17)11-19-23)20-9-8-15(12-20)18(22)13-4-2-1-3-5-13/h1-12,21,23H/b19-11+. The quantitative estimate of drug-likeness (QED) is 0.336. The second-order valence-electron chi connectivity index (χ2n) is 4.99. The largest absolute Gasteiger partial charge is 0.507 e. The Morgan fingerprint density at radius 2 is 1.83 bits per heavy atom. The number of benzene rings is 2. The number of aromatic nitrogens is 1. The number of aromatic hydroxyl groups is 1. The van der Waals surface area contributed by atoms with Crippen LogP contribution in [0, 0.1) is 0 Å². The highest BCUT2D eigenvalue weighted by atomic mass is 16.4. The lowest BCUT2D eigenvalue weighted by molar-refractivity contribution is 0.103. The van der Waals surface area contributed by atoms with Gasteiger partial charge in [-0.1, -0.05) is 35.5 Å². The van der Waals surface area contributed by atoms with Crippen molar-refractivity contribution in [1.29, 1.82) is 0 Å². The van der Waals surface area contributed by atoms with E-state index in [4.69, 9.17) is 5.21 Å². The highest BCUT2D eigenvalue weighted by Gasteiger charge is 2.11. The van der Waals surface area contributed by atoms with E-state index in [-0.39, 0.29) is 11.5 Å². The van der Waals surface area contributed by atoms with Gasteiger partial charge in [0.25, 0.3) is 0 Å². The van der Waals surface area contributed by atoms with Crippen LogP contribution in [-0.2, 0) is 0 Å². The molecule has 0 amide bonds. The monoisotopic (exact) mass is 306 g/mol. The van der Waals surface area contributed by atoms with E-state index >= 15 is 0 Å². The topological polar surface area (TPSA) is 74.8 Å². The van der Waals surface area contributed by atoms with Gasteiger partial charge in [0.15, 0.2) is 5.78 Å². The van der Waals surface area contributed by atoms with Gasteiger partial charge in [-0.15, -0.1) is 0 Å². The van der Waals surface area contributed by atoms with Crippen molar-refractivity contribution in [3.05, 3.63) is 83.7 Å². The van der Waals surface area contributed by atoms with Gasteiger partial charge in [0.05, 0.1) is 6.21 Å². The van der Waals surface area contributed by atoms with Gasteiger partial charge in [0.1, 0.15) is 5.75 Å². The summed E-state index contributed by atoms with van der Waals surface area (Å²) in [4.78, 5) is 12.4. The number of phenolic OH excluding ortho intramolecular Hbond substituents is 1. The summed E-state index contributed by atoms with van der Waals surface area (Å²) in [6.07, 6.45) is 4.62. The number of hydrogen-bond donors (Lipinski definition) is 2. The first kappa shape index (κ1) is 14.6. The highest BCUT2D eigenvalue weighted by Crippen LogP contribution is 2.21. The van der Waals surface area contributed by atoms with Crippen LogP contribution in [-0.4, -0.2) is 26.9 Å². The number of rotatable bonds is 4. The third kappa shape index (κ3) is 2.98. The number of carbonyl (C=O) groups excluding carboxylic acids is 1. The van der Waals surface area contributed by atoms with Gasteiger partial charge < -0.3 is 14.9 Å². The van der Waals surface area contributed by atoms with Crippen molar-refractivity contribution in [3.8, 4) is 11.4 Å². The van der Waals surface area contributed by atoms with Crippen LogP contribution < -0.4 is 0 Å². The lowest BCUT2D eigenvalue weighted by atomic mass is 10.1. The van der Waals surface area contributed by atoms with Gasteiger partial charge in [-0.05, 0) is 18.2 Å². The maximum absolute atomic E-state index is 12.4. The van der Waals surface area contributed by atoms with Crippen molar-refractivity contribution >= 4 is 12.0 Å². The minimum absolute atomic E-state index is 0.00932. The first-order valence-corrected chi connectivity index (χ1v) is 6.97. The lowest BCUT2D eigenvalue weighted by Gasteiger charge is -2.05. The second kappa shape index (κ2) is 6.19. The van der Waals surface area contributed by atoms with Crippen LogP contribution in [0.1, 0.15) is 21.5 Å². The first-order valence-electron chi connectivity index (χ1n) is 6.97. The zero-order valence-corrected chi connectivity index (χ0v) is 12.1. The zero-order chi connectivity index (χ0) is 16.2. The van der Waals surface area contributed by atoms with Crippen LogP contribution in [0.2, 0.25) is 0 Å². The average Bonchev–Trinajstić information content (AvgIpc) is 3.07. The molecule has 5 nitrogen and oxygen atoms in total. The summed E-state index contributed by atoms with van der Waals surface area (Å²) < 4.78 is 1.75. The molecule has 0 aliphatic carbocycles. The minimum atomic E-state index is -0.0578. The smallest absolute Gasteiger partial charge is 0.194 e. The predicted octanol–water partition coefficient (Wildman–Crippen LogP) is 3.22. The van der Waals surface area contributed by atoms with Gasteiger partial charge in [-0.25, -0.2) is 0 Å². The molecule has 2 aromatic carbocycles. The number of hydrogen-bond acceptors (Lipinski definition) is 4. The van der Waals surface area contributed by atoms with Crippen molar-refractivity contribution in [1.82, 2.24) is 4.57 Å². The van der Waals surface area contributed by atoms with Crippen LogP contribution >= 0.6 is 0 Å². The molecule has 1 heterocycles. The van der Waals surface area contributed by atoms with E-state index in [2.05, 4.69) is 5.16 Å². The molecular weight excluding hydrogens is 292 g/mol. The fourth-order valence-corrected chi connectivity index (χ4v) is 2.31. The fourth-order valence-electron chi connectivity index (χ4n) is 2.31. The molecule has 3 aromatic rings. The molecule has 0 fully saturated rings. The molecular formula is C18H14N2O3. The number of ketones is 1. The highest BCUT2D eigenvalue weighted by molar-refractivity contribution is 6.08. The number of phenols is 1. The van der Waals surface area contributed by atoms with E-state index in [9.17, 15) is 9.90 Å². The van der Waals surface area contributed by atoms with E-state index in [1.54, 1.807) is 47.3 Å². The zero-order valence-electron chi connectivity index (χ0n) is 12.1. The molecule has 0 saturated carbocycles. The third-order valence-electron chi connectivity index (χ3n) is 3.50. The van der Waals surface area contributed by atoms with E-state index < -0.39 is 0 Å². The molecule has 0 radical (unpaired) electrons. The van der Waals surface area contributed by atoms with Gasteiger partial charge in [0, 0.05) is 40.8 Å². The summed E-state index contributed by atoms with van der Waals surface area (Å²) in [5.74, 6) is -0.0671. The van der Waals surface area contributed by atoms with Crippen LogP contribution in [0.4, 0.5) is 0 Å². The maximum atomic E-state index is 12.4. The van der Waals surface area contributed by atoms with Crippen molar-refractivity contribution in [2.24, 2.45) is 5.16 Å². The number of carbonyl (C=O) groups is 1. The Morgan fingerprint density at radius 3 is 2.52 bits per heavy atom. The van der Waals surface area contributed by atoms with E-state index in [0.717, 1.165) is 6.21 Å². The van der Waals surface area contributed by atoms with E-state index in [0.29, 0.717) is 22.4 Å². The van der Waals surface area contributed by atoms with Crippen molar-refractivity contribution in [3.63, 3.8) is 0 Å². The van der Waals surface area contributed by atoms with Crippen LogP contribution in [0.25, 0.3) is 5.69 Å². The molecule has 0 aliphatic heterocycles. The third-order valence-corrected chi connectivity index (χ3v) is 3.50. The van der Waals surface area contributed by atoms with Crippen LogP contribution in [0.3, 0.4) is 0 Å². The second-order valence-corrected chi connectivity index (χ2v) is 4.99. The molecule has 0 atom stereocenters. The summed E-state index contributed by atoms with van der Waals surface area (Å²) in [5, 5.41) is 21.3. The molecule has 1 aromatic heterocycles. The molecule has 0 aliphatic rings. The molecule has 114 valence electrons. The average molecular weight is 306 g/mol. The van der Waals surface area contributed by atoms with E-state index in [1.165, 1.54) is 6.07 Å². The SMILES string of the molecule is O=C(c1ccccc1)c1ccn(-c2ccc(/C=N/O)c(O)c2)c1. The Labute approximate surface area is 132 Å². The molecule has 2 N–H and O–H groups in total. The van der Waals surface area contributed by atoms with Gasteiger partial charge in [-0.2, -0.15) is 0 Å². The van der Waals surface area contributed by atoms with Crippen molar-refractivity contribution < 1.29 is 15.1 Å². The number of nitrogens with zero attached hydrogens (tertiary/aromatic N) is 2. The fraction of sp³-hybridized carbons (Fsp3) is 0. The Hall–Kier alpha value is -3.34. The summed E-state index contributed by atoms with van der Waals surface area (Å²) in [6, 6.07) is 15.7. The Bertz CT molecular complexity index is 867. The van der Waals surface area contributed by atoms with Crippen LogP contribution in [0.15, 0.2) is 72.1 Å². The first-order chi connectivity index (χ1) is 11.2. The molecule has 3 rings (SSSR count). The molecule has 5 heteroatoms. The lowest BCUT2D eigenvalue weighted by Crippen LogP contribution is -1.99. The molecule has 23 heavy (non-hydrogen) atoms. The number of oxime groups is 1. The Balaban J connectivity index is 1.90. The Kier molecular flexibility index (Phi) is 3.93. The molecule has 0 saturated heterocycles. The maximum Gasteiger partial charge on any atom is 0.194 e. The van der Waals surface area contributed by atoms with Crippen LogP contribution in [0.5, 0.6) is 5.75 Å². The van der Waals surface area contributed by atoms with Crippen molar-refractivity contribution in [2.45, 2.75) is 0 Å². The van der Waals surface area contributed by atoms with Gasteiger partial charge in [0.2, 0.25) is 0 Å². The predicted molar refractivity (Wildman–Crippen MR) is 86.7 cm³/mol. The summed E-state index contributed by atoms with van der Waals surface area (Å²) in [6.45, 7) is 0. The van der Waals surface area contributed by atoms with Crippen molar-refractivity contribution in [2.75, 3.05) is 0 Å². The van der Waals surface area contributed by atoms with Gasteiger partial charge in [-0.3, -0.25) is 4.79 Å². The molecule has 0 bridgehead atoms. The Morgan fingerprint density at radius 1 is 1.04 bits per heavy atom. The normalized spacial score (nSPS) is 11.0. The molecule has 0 unspecified atom stereocenters.